The van der Waals surface area contributed by atoms with Gasteiger partial charge < -0.3 is 14.1 Å². The van der Waals surface area contributed by atoms with Crippen LogP contribution in [-0.4, -0.2) is 45.9 Å². The number of hydrogen-bond acceptors (Lipinski definition) is 6. The summed E-state index contributed by atoms with van der Waals surface area (Å²) in [5, 5.41) is 5.97. The average Bonchev–Trinajstić information content (AvgIpc) is 3.12. The van der Waals surface area contributed by atoms with E-state index in [0.717, 1.165) is 9.56 Å². The molecule has 0 N–H and O–H groups in total. The number of thiophene rings is 1. The zero-order valence-corrected chi connectivity index (χ0v) is 13.2. The highest BCUT2D eigenvalue weighted by molar-refractivity contribution is 7.13. The zero-order chi connectivity index (χ0) is 15.7. The summed E-state index contributed by atoms with van der Waals surface area (Å²) in [6.07, 6.45) is -0.00383. The van der Waals surface area contributed by atoms with Crippen LogP contribution >= 0.6 is 11.3 Å². The minimum absolute atomic E-state index is 0.00383. The summed E-state index contributed by atoms with van der Waals surface area (Å²) in [4.78, 5) is 26.7. The second kappa shape index (κ2) is 6.05. The van der Waals surface area contributed by atoms with E-state index in [2.05, 4.69) is 5.10 Å². The molecule has 0 spiro atoms. The van der Waals surface area contributed by atoms with E-state index in [1.165, 1.54) is 11.3 Å². The van der Waals surface area contributed by atoms with Crippen molar-refractivity contribution in [3.63, 3.8) is 0 Å². The summed E-state index contributed by atoms with van der Waals surface area (Å²) in [6, 6.07) is 3.65. The Morgan fingerprint density at radius 3 is 3.05 bits per heavy atom. The van der Waals surface area contributed by atoms with Gasteiger partial charge >= 0.3 is 5.76 Å². The van der Waals surface area contributed by atoms with Crippen LogP contribution in [0.15, 0.2) is 26.7 Å². The van der Waals surface area contributed by atoms with Gasteiger partial charge in [-0.2, -0.15) is 4.68 Å². The molecule has 3 heterocycles. The van der Waals surface area contributed by atoms with Crippen LogP contribution in [-0.2, 0) is 16.1 Å². The molecule has 0 radical (unpaired) electrons. The molecule has 3 rings (SSSR count). The number of rotatable bonds is 3. The lowest BCUT2D eigenvalue weighted by atomic mass is 10.2. The predicted molar refractivity (Wildman–Crippen MR) is 80.7 cm³/mol. The standard InChI is InChI=1S/C14H17N3O4S/c1-9-8-20-10(2)6-16(9)12(18)7-17-14(19)21-13(15-17)11-4-3-5-22-11/h3-5,9-10H,6-8H2,1-2H3/t9-,10+/m1/s1. The lowest BCUT2D eigenvalue weighted by molar-refractivity contribution is -0.144. The molecule has 22 heavy (non-hydrogen) atoms. The maximum atomic E-state index is 12.4. The number of nitrogens with zero attached hydrogens (tertiary/aromatic N) is 3. The van der Waals surface area contributed by atoms with Crippen LogP contribution < -0.4 is 5.76 Å². The summed E-state index contributed by atoms with van der Waals surface area (Å²) in [5.74, 6) is -0.530. The van der Waals surface area contributed by atoms with E-state index in [1.54, 1.807) is 4.90 Å². The van der Waals surface area contributed by atoms with Crippen molar-refractivity contribution in [2.75, 3.05) is 13.2 Å². The normalized spacial score (nSPS) is 22.0. The molecule has 1 aliphatic heterocycles. The number of aromatic nitrogens is 2. The molecule has 1 amide bonds. The minimum atomic E-state index is -0.620. The van der Waals surface area contributed by atoms with Gasteiger partial charge in [0.25, 0.3) is 5.89 Å². The Bertz CT molecular complexity index is 706. The molecule has 2 aromatic heterocycles. The molecule has 1 aliphatic rings. The molecule has 0 aromatic carbocycles. The van der Waals surface area contributed by atoms with Gasteiger partial charge in [-0.1, -0.05) is 6.07 Å². The van der Waals surface area contributed by atoms with Crippen molar-refractivity contribution in [2.45, 2.75) is 32.5 Å². The topological polar surface area (TPSA) is 77.6 Å². The summed E-state index contributed by atoms with van der Waals surface area (Å²) in [6.45, 7) is 4.74. The molecule has 0 saturated carbocycles. The van der Waals surface area contributed by atoms with Gasteiger partial charge in [-0.25, -0.2) is 4.79 Å². The third kappa shape index (κ3) is 2.97. The summed E-state index contributed by atoms with van der Waals surface area (Å²) >= 11 is 1.43. The fourth-order valence-corrected chi connectivity index (χ4v) is 3.02. The Kier molecular flexibility index (Phi) is 4.12. The van der Waals surface area contributed by atoms with Crippen molar-refractivity contribution in [3.05, 3.63) is 28.1 Å². The molecule has 2 atom stereocenters. The van der Waals surface area contributed by atoms with Crippen LogP contribution in [0.25, 0.3) is 10.8 Å². The van der Waals surface area contributed by atoms with E-state index >= 15 is 0 Å². The number of amides is 1. The van der Waals surface area contributed by atoms with Crippen LogP contribution in [0, 0.1) is 0 Å². The van der Waals surface area contributed by atoms with E-state index in [9.17, 15) is 9.59 Å². The molecular formula is C14H17N3O4S. The van der Waals surface area contributed by atoms with Crippen LogP contribution in [0.5, 0.6) is 0 Å². The van der Waals surface area contributed by atoms with Gasteiger partial charge in [0.15, 0.2) is 0 Å². The van der Waals surface area contributed by atoms with Gasteiger partial charge in [0, 0.05) is 6.54 Å². The summed E-state index contributed by atoms with van der Waals surface area (Å²) in [7, 11) is 0. The largest absolute Gasteiger partial charge is 0.437 e. The van der Waals surface area contributed by atoms with Crippen LogP contribution in [0.3, 0.4) is 0 Å². The highest BCUT2D eigenvalue weighted by Crippen LogP contribution is 2.21. The fourth-order valence-electron chi connectivity index (χ4n) is 2.38. The quantitative estimate of drug-likeness (QED) is 0.848. The van der Waals surface area contributed by atoms with Gasteiger partial charge in [-0.15, -0.1) is 16.4 Å². The third-order valence-corrected chi connectivity index (χ3v) is 4.41. The smallest absolute Gasteiger partial charge is 0.387 e. The van der Waals surface area contributed by atoms with Gasteiger partial charge in [-0.3, -0.25) is 4.79 Å². The maximum absolute atomic E-state index is 12.4. The van der Waals surface area contributed by atoms with Gasteiger partial charge in [0.05, 0.1) is 23.6 Å². The lowest BCUT2D eigenvalue weighted by Gasteiger charge is -2.36. The summed E-state index contributed by atoms with van der Waals surface area (Å²) < 4.78 is 11.7. The number of morpholine rings is 1. The van der Waals surface area contributed by atoms with Crippen molar-refractivity contribution in [1.82, 2.24) is 14.7 Å². The Labute approximate surface area is 131 Å². The van der Waals surface area contributed by atoms with Crippen molar-refractivity contribution in [2.24, 2.45) is 0 Å². The molecule has 7 nitrogen and oxygen atoms in total. The highest BCUT2D eigenvalue weighted by atomic mass is 32.1. The molecule has 0 aliphatic carbocycles. The number of carbonyl (C=O) groups excluding carboxylic acids is 1. The fraction of sp³-hybridized carbons (Fsp3) is 0.500. The molecule has 1 fully saturated rings. The van der Waals surface area contributed by atoms with E-state index in [4.69, 9.17) is 9.15 Å². The lowest BCUT2D eigenvalue weighted by Crippen LogP contribution is -2.51. The molecule has 118 valence electrons. The molecule has 8 heteroatoms. The Morgan fingerprint density at radius 2 is 2.32 bits per heavy atom. The van der Waals surface area contributed by atoms with Gasteiger partial charge in [0.2, 0.25) is 5.91 Å². The Balaban J connectivity index is 1.75. The Hall–Kier alpha value is -1.93. The zero-order valence-electron chi connectivity index (χ0n) is 12.4. The predicted octanol–water partition coefficient (Wildman–Crippen LogP) is 1.20. The van der Waals surface area contributed by atoms with Gasteiger partial charge in [0.1, 0.15) is 6.54 Å². The molecule has 0 bridgehead atoms. The SMILES string of the molecule is C[C@@H]1CO[C@@H](C)CN1C(=O)Cn1nc(-c2cccs2)oc1=O. The third-order valence-electron chi connectivity index (χ3n) is 3.55. The minimum Gasteiger partial charge on any atom is -0.387 e. The molecule has 0 unspecified atom stereocenters. The van der Waals surface area contributed by atoms with Crippen molar-refractivity contribution < 1.29 is 13.9 Å². The monoisotopic (exact) mass is 323 g/mol. The first-order chi connectivity index (χ1) is 10.5. The molecule has 1 saturated heterocycles. The number of carbonyl (C=O) groups is 1. The second-order valence-electron chi connectivity index (χ2n) is 5.35. The van der Waals surface area contributed by atoms with Gasteiger partial charge in [-0.05, 0) is 25.3 Å². The van der Waals surface area contributed by atoms with E-state index in [0.29, 0.717) is 13.2 Å². The molecule has 2 aromatic rings. The van der Waals surface area contributed by atoms with E-state index in [-0.39, 0.29) is 30.5 Å². The van der Waals surface area contributed by atoms with Crippen LogP contribution in [0.2, 0.25) is 0 Å². The summed E-state index contributed by atoms with van der Waals surface area (Å²) in [5.41, 5.74) is 0. The second-order valence-corrected chi connectivity index (χ2v) is 6.29. The first-order valence-electron chi connectivity index (χ1n) is 7.07. The average molecular weight is 323 g/mol. The number of ether oxygens (including phenoxy) is 1. The number of hydrogen-bond donors (Lipinski definition) is 0. The first-order valence-corrected chi connectivity index (χ1v) is 7.95. The van der Waals surface area contributed by atoms with E-state index < -0.39 is 5.76 Å². The van der Waals surface area contributed by atoms with E-state index in [1.807, 2.05) is 31.4 Å². The maximum Gasteiger partial charge on any atom is 0.437 e. The van der Waals surface area contributed by atoms with Crippen LogP contribution in [0.4, 0.5) is 0 Å². The van der Waals surface area contributed by atoms with Crippen molar-refractivity contribution in [1.29, 1.82) is 0 Å². The Morgan fingerprint density at radius 1 is 1.50 bits per heavy atom. The van der Waals surface area contributed by atoms with Crippen molar-refractivity contribution >= 4 is 17.2 Å². The first kappa shape index (κ1) is 15.0. The van der Waals surface area contributed by atoms with Crippen molar-refractivity contribution in [3.8, 4) is 10.8 Å². The highest BCUT2D eigenvalue weighted by Gasteiger charge is 2.28. The van der Waals surface area contributed by atoms with Crippen LogP contribution in [0.1, 0.15) is 13.8 Å². The molecular weight excluding hydrogens is 306 g/mol.